The summed E-state index contributed by atoms with van der Waals surface area (Å²) in [7, 11) is 0. The Morgan fingerprint density at radius 1 is 1.53 bits per heavy atom. The van der Waals surface area contributed by atoms with Crippen LogP contribution in [0.2, 0.25) is 0 Å². The monoisotopic (exact) mass is 262 g/mol. The predicted octanol–water partition coefficient (Wildman–Crippen LogP) is 2.42. The Balaban J connectivity index is 2.06. The summed E-state index contributed by atoms with van der Waals surface area (Å²) in [5.74, 6) is 0.0878. The number of Topliss-reactive ketones (excluding diaryl/α,β-unsaturated/α-hetero) is 1. The summed E-state index contributed by atoms with van der Waals surface area (Å²) in [5.41, 5.74) is 1.64. The molecule has 19 heavy (non-hydrogen) atoms. The molecular formula is C15H22N2O2. The van der Waals surface area contributed by atoms with Crippen molar-refractivity contribution in [2.24, 2.45) is 0 Å². The van der Waals surface area contributed by atoms with Crippen LogP contribution in [0, 0.1) is 0 Å². The lowest BCUT2D eigenvalue weighted by molar-refractivity contribution is 0.0983. The number of pyridine rings is 1. The van der Waals surface area contributed by atoms with Crippen molar-refractivity contribution >= 4 is 11.5 Å². The number of aliphatic hydroxyl groups excluding tert-OH is 1. The van der Waals surface area contributed by atoms with Gasteiger partial charge in [-0.15, -0.1) is 0 Å². The van der Waals surface area contributed by atoms with Gasteiger partial charge in [-0.1, -0.05) is 6.92 Å². The summed E-state index contributed by atoms with van der Waals surface area (Å²) in [6, 6.07) is 4.32. The minimum atomic E-state index is 0.0878. The van der Waals surface area contributed by atoms with Crippen LogP contribution < -0.4 is 4.90 Å². The maximum atomic E-state index is 11.5. The van der Waals surface area contributed by atoms with E-state index in [-0.39, 0.29) is 12.4 Å². The minimum Gasteiger partial charge on any atom is -0.396 e. The molecule has 104 valence electrons. The van der Waals surface area contributed by atoms with Gasteiger partial charge in [-0.25, -0.2) is 0 Å². The quantitative estimate of drug-likeness (QED) is 0.800. The molecule has 0 amide bonds. The van der Waals surface area contributed by atoms with Gasteiger partial charge in [-0.3, -0.25) is 9.78 Å². The second kappa shape index (κ2) is 6.66. The second-order valence-electron chi connectivity index (χ2n) is 5.03. The first-order valence-corrected chi connectivity index (χ1v) is 7.13. The highest BCUT2D eigenvalue weighted by molar-refractivity contribution is 5.94. The third-order valence-electron chi connectivity index (χ3n) is 3.76. The molecule has 1 fully saturated rings. The number of rotatable bonds is 6. The van der Waals surface area contributed by atoms with Crippen molar-refractivity contribution in [3.63, 3.8) is 0 Å². The van der Waals surface area contributed by atoms with E-state index < -0.39 is 0 Å². The van der Waals surface area contributed by atoms with Gasteiger partial charge < -0.3 is 10.0 Å². The summed E-state index contributed by atoms with van der Waals surface area (Å²) in [5, 5.41) is 8.94. The molecule has 0 aliphatic carbocycles. The van der Waals surface area contributed by atoms with Gasteiger partial charge in [-0.05, 0) is 37.8 Å². The zero-order chi connectivity index (χ0) is 13.7. The lowest BCUT2D eigenvalue weighted by Crippen LogP contribution is -2.29. The van der Waals surface area contributed by atoms with Gasteiger partial charge in [0.05, 0.1) is 11.9 Å². The highest BCUT2D eigenvalue weighted by atomic mass is 16.2. The summed E-state index contributed by atoms with van der Waals surface area (Å²) < 4.78 is 0. The van der Waals surface area contributed by atoms with Crippen molar-refractivity contribution in [2.75, 3.05) is 18.1 Å². The predicted molar refractivity (Wildman–Crippen MR) is 75.5 cm³/mol. The maximum absolute atomic E-state index is 11.5. The summed E-state index contributed by atoms with van der Waals surface area (Å²) in [6.45, 7) is 3.15. The molecule has 1 aliphatic rings. The molecule has 2 rings (SSSR count). The Labute approximate surface area is 114 Å². The fourth-order valence-electron chi connectivity index (χ4n) is 2.70. The molecule has 0 saturated carbocycles. The summed E-state index contributed by atoms with van der Waals surface area (Å²) >= 11 is 0. The lowest BCUT2D eigenvalue weighted by atomic mass is 10.1. The molecule has 0 bridgehead atoms. The zero-order valence-electron chi connectivity index (χ0n) is 11.5. The molecule has 1 saturated heterocycles. The molecule has 0 spiro atoms. The van der Waals surface area contributed by atoms with Crippen molar-refractivity contribution in [1.29, 1.82) is 0 Å². The van der Waals surface area contributed by atoms with E-state index in [9.17, 15) is 4.79 Å². The van der Waals surface area contributed by atoms with Gasteiger partial charge in [0.15, 0.2) is 5.78 Å². The molecule has 1 aromatic heterocycles. The molecule has 1 N–H and O–H groups in total. The Morgan fingerprint density at radius 2 is 2.37 bits per heavy atom. The number of anilines is 1. The van der Waals surface area contributed by atoms with Gasteiger partial charge in [0.2, 0.25) is 0 Å². The third-order valence-corrected chi connectivity index (χ3v) is 3.76. The number of carbonyl (C=O) groups excluding carboxylic acids is 1. The highest BCUT2D eigenvalue weighted by Crippen LogP contribution is 2.27. The first-order valence-electron chi connectivity index (χ1n) is 7.13. The standard InChI is InChI=1S/C15H22N2O2/c1-2-15(19)14-8-7-13(11-16-14)17-9-3-5-12(17)6-4-10-18/h7-8,11-12,18H,2-6,9-10H2,1H3. The van der Waals surface area contributed by atoms with E-state index in [2.05, 4.69) is 9.88 Å². The molecule has 4 heteroatoms. The number of hydrogen-bond acceptors (Lipinski definition) is 4. The van der Waals surface area contributed by atoms with E-state index in [0.29, 0.717) is 18.2 Å². The Morgan fingerprint density at radius 3 is 3.00 bits per heavy atom. The van der Waals surface area contributed by atoms with Gasteiger partial charge in [0, 0.05) is 25.6 Å². The molecule has 0 aromatic carbocycles. The smallest absolute Gasteiger partial charge is 0.180 e. The number of aromatic nitrogens is 1. The van der Waals surface area contributed by atoms with Crippen molar-refractivity contribution in [2.45, 2.75) is 45.1 Å². The normalized spacial score (nSPS) is 18.8. The maximum Gasteiger partial charge on any atom is 0.180 e. The minimum absolute atomic E-state index is 0.0878. The molecule has 1 unspecified atom stereocenters. The largest absolute Gasteiger partial charge is 0.396 e. The average molecular weight is 262 g/mol. The number of aliphatic hydroxyl groups is 1. The van der Waals surface area contributed by atoms with Crippen LogP contribution >= 0.6 is 0 Å². The van der Waals surface area contributed by atoms with Crippen LogP contribution in [0.3, 0.4) is 0 Å². The SMILES string of the molecule is CCC(=O)c1ccc(N2CCCC2CCCO)cn1. The van der Waals surface area contributed by atoms with E-state index >= 15 is 0 Å². The van der Waals surface area contributed by atoms with Crippen LogP contribution in [-0.4, -0.2) is 35.1 Å². The van der Waals surface area contributed by atoms with E-state index in [0.717, 1.165) is 25.1 Å². The molecule has 1 aromatic rings. The third kappa shape index (κ3) is 3.32. The molecule has 0 radical (unpaired) electrons. The summed E-state index contributed by atoms with van der Waals surface area (Å²) in [6.07, 6.45) is 6.53. The van der Waals surface area contributed by atoms with Crippen molar-refractivity contribution in [3.8, 4) is 0 Å². The van der Waals surface area contributed by atoms with E-state index in [1.54, 1.807) is 6.20 Å². The number of carbonyl (C=O) groups is 1. The number of ketones is 1. The first kappa shape index (κ1) is 14.0. The highest BCUT2D eigenvalue weighted by Gasteiger charge is 2.24. The van der Waals surface area contributed by atoms with Crippen LogP contribution in [0.4, 0.5) is 5.69 Å². The fourth-order valence-corrected chi connectivity index (χ4v) is 2.70. The van der Waals surface area contributed by atoms with Crippen LogP contribution in [0.1, 0.15) is 49.5 Å². The van der Waals surface area contributed by atoms with Crippen molar-refractivity contribution in [3.05, 3.63) is 24.0 Å². The van der Waals surface area contributed by atoms with Crippen molar-refractivity contribution in [1.82, 2.24) is 4.98 Å². The molecule has 2 heterocycles. The summed E-state index contributed by atoms with van der Waals surface area (Å²) in [4.78, 5) is 18.2. The molecular weight excluding hydrogens is 240 g/mol. The van der Waals surface area contributed by atoms with Crippen LogP contribution in [0.25, 0.3) is 0 Å². The Hall–Kier alpha value is -1.42. The molecule has 1 aliphatic heterocycles. The van der Waals surface area contributed by atoms with E-state index in [1.165, 1.54) is 12.8 Å². The second-order valence-corrected chi connectivity index (χ2v) is 5.03. The van der Waals surface area contributed by atoms with Crippen molar-refractivity contribution < 1.29 is 9.90 Å². The lowest BCUT2D eigenvalue weighted by Gasteiger charge is -2.26. The van der Waals surface area contributed by atoms with Crippen LogP contribution in [-0.2, 0) is 0 Å². The van der Waals surface area contributed by atoms with E-state index in [1.807, 2.05) is 19.1 Å². The zero-order valence-corrected chi connectivity index (χ0v) is 11.5. The first-order chi connectivity index (χ1) is 9.26. The van der Waals surface area contributed by atoms with Gasteiger partial charge >= 0.3 is 0 Å². The van der Waals surface area contributed by atoms with Crippen LogP contribution in [0.5, 0.6) is 0 Å². The Bertz CT molecular complexity index is 417. The number of nitrogens with zero attached hydrogens (tertiary/aromatic N) is 2. The topological polar surface area (TPSA) is 53.4 Å². The van der Waals surface area contributed by atoms with Gasteiger partial charge in [-0.2, -0.15) is 0 Å². The van der Waals surface area contributed by atoms with Gasteiger partial charge in [0.1, 0.15) is 5.69 Å². The Kier molecular flexibility index (Phi) is 4.91. The molecule has 1 atom stereocenters. The van der Waals surface area contributed by atoms with E-state index in [4.69, 9.17) is 5.11 Å². The average Bonchev–Trinajstić information content (AvgIpc) is 2.92. The number of hydrogen-bond donors (Lipinski definition) is 1. The van der Waals surface area contributed by atoms with Crippen LogP contribution in [0.15, 0.2) is 18.3 Å². The van der Waals surface area contributed by atoms with Gasteiger partial charge in [0.25, 0.3) is 0 Å². The fraction of sp³-hybridized carbons (Fsp3) is 0.600. The molecule has 4 nitrogen and oxygen atoms in total.